The number of hydrogen-bond donors (Lipinski definition) is 2. The molecule has 6 nitrogen and oxygen atoms in total. The lowest BCUT2D eigenvalue weighted by Gasteiger charge is -2.23. The van der Waals surface area contributed by atoms with E-state index >= 15 is 0 Å². The molecule has 1 heterocycles. The van der Waals surface area contributed by atoms with Gasteiger partial charge in [-0.15, -0.1) is 0 Å². The highest BCUT2D eigenvalue weighted by atomic mass is 32.2. The number of hydrogen-bond acceptors (Lipinski definition) is 6. The highest BCUT2D eigenvalue weighted by Gasteiger charge is 2.30. The summed E-state index contributed by atoms with van der Waals surface area (Å²) in [6, 6.07) is 0. The largest absolute Gasteiger partial charge is 0.383 e. The molecule has 0 radical (unpaired) electrons. The quantitative estimate of drug-likeness (QED) is 0.845. The molecule has 102 valence electrons. The maximum atomic E-state index is 11.6. The number of nitrogen functional groups attached to an aromatic ring is 1. The molecule has 0 aliphatic rings. The van der Waals surface area contributed by atoms with Crippen LogP contribution in [-0.4, -0.2) is 35.9 Å². The number of nitrogens with two attached hydrogens (primary N) is 1. The molecule has 3 N–H and O–H groups in total. The zero-order valence-electron chi connectivity index (χ0n) is 11.4. The zero-order valence-corrected chi connectivity index (χ0v) is 12.2. The van der Waals surface area contributed by atoms with Crippen LogP contribution in [0.15, 0.2) is 0 Å². The van der Waals surface area contributed by atoms with Crippen molar-refractivity contribution in [2.75, 3.05) is 23.9 Å². The standard InChI is InChI=1S/C11H20N4O2S/c1-7-9(12)14-8(2)15-10(7)13-6-11(3,4)18(5,16)17/h6H2,1-5H3,(H3,12,13,14,15). The van der Waals surface area contributed by atoms with E-state index in [1.165, 1.54) is 6.26 Å². The Morgan fingerprint density at radius 3 is 2.33 bits per heavy atom. The minimum Gasteiger partial charge on any atom is -0.383 e. The van der Waals surface area contributed by atoms with Gasteiger partial charge in [0.2, 0.25) is 0 Å². The van der Waals surface area contributed by atoms with Crippen LogP contribution in [0.1, 0.15) is 25.2 Å². The van der Waals surface area contributed by atoms with Crippen molar-refractivity contribution < 1.29 is 8.42 Å². The van der Waals surface area contributed by atoms with Crippen molar-refractivity contribution in [3.05, 3.63) is 11.4 Å². The molecule has 0 spiro atoms. The maximum absolute atomic E-state index is 11.6. The summed E-state index contributed by atoms with van der Waals surface area (Å²) in [5, 5.41) is 3.03. The molecule has 0 amide bonds. The van der Waals surface area contributed by atoms with Crippen molar-refractivity contribution in [2.45, 2.75) is 32.4 Å². The van der Waals surface area contributed by atoms with Crippen LogP contribution in [0.3, 0.4) is 0 Å². The Morgan fingerprint density at radius 1 is 1.28 bits per heavy atom. The first-order chi connectivity index (χ1) is 8.04. The van der Waals surface area contributed by atoms with E-state index in [9.17, 15) is 8.42 Å². The summed E-state index contributed by atoms with van der Waals surface area (Å²) in [6.45, 7) is 7.14. The first-order valence-corrected chi connectivity index (χ1v) is 7.48. The third kappa shape index (κ3) is 3.10. The number of aromatic nitrogens is 2. The van der Waals surface area contributed by atoms with Crippen molar-refractivity contribution in [2.24, 2.45) is 0 Å². The maximum Gasteiger partial charge on any atom is 0.154 e. The lowest BCUT2D eigenvalue weighted by atomic mass is 10.2. The summed E-state index contributed by atoms with van der Waals surface area (Å²) >= 11 is 0. The third-order valence-corrected chi connectivity index (χ3v) is 5.13. The van der Waals surface area contributed by atoms with Gasteiger partial charge in [0.15, 0.2) is 9.84 Å². The molecule has 0 unspecified atom stereocenters. The molecule has 0 atom stereocenters. The number of rotatable bonds is 4. The molecule has 1 aromatic rings. The van der Waals surface area contributed by atoms with Crippen LogP contribution in [0, 0.1) is 13.8 Å². The number of nitrogens with zero attached hydrogens (tertiary/aromatic N) is 2. The Morgan fingerprint density at radius 2 is 1.83 bits per heavy atom. The summed E-state index contributed by atoms with van der Waals surface area (Å²) in [7, 11) is -3.14. The van der Waals surface area contributed by atoms with Crippen LogP contribution in [0.5, 0.6) is 0 Å². The summed E-state index contributed by atoms with van der Waals surface area (Å²) in [5.41, 5.74) is 6.46. The molecule has 18 heavy (non-hydrogen) atoms. The molecule has 0 fully saturated rings. The Balaban J connectivity index is 2.95. The Bertz CT molecular complexity index is 552. The van der Waals surface area contributed by atoms with Gasteiger partial charge in [-0.2, -0.15) is 0 Å². The first kappa shape index (κ1) is 14.7. The van der Waals surface area contributed by atoms with E-state index in [0.717, 1.165) is 5.56 Å². The molecule has 0 aliphatic heterocycles. The average Bonchev–Trinajstić information content (AvgIpc) is 2.19. The number of aryl methyl sites for hydroxylation is 1. The topological polar surface area (TPSA) is 98.0 Å². The summed E-state index contributed by atoms with van der Waals surface area (Å²) in [6.07, 6.45) is 1.22. The summed E-state index contributed by atoms with van der Waals surface area (Å²) < 4.78 is 22.3. The van der Waals surface area contributed by atoms with Crippen LogP contribution in [0.4, 0.5) is 11.6 Å². The van der Waals surface area contributed by atoms with E-state index in [4.69, 9.17) is 5.73 Å². The van der Waals surface area contributed by atoms with Crippen LogP contribution in [-0.2, 0) is 9.84 Å². The summed E-state index contributed by atoms with van der Waals surface area (Å²) in [5.74, 6) is 1.54. The molecule has 0 saturated heterocycles. The van der Waals surface area contributed by atoms with E-state index in [0.29, 0.717) is 17.5 Å². The number of anilines is 2. The lowest BCUT2D eigenvalue weighted by Crippen LogP contribution is -2.38. The predicted molar refractivity (Wildman–Crippen MR) is 73.3 cm³/mol. The fraction of sp³-hybridized carbons (Fsp3) is 0.636. The van der Waals surface area contributed by atoms with Gasteiger partial charge in [0.1, 0.15) is 17.5 Å². The molecule has 0 aromatic carbocycles. The second-order valence-corrected chi connectivity index (χ2v) is 7.66. The van der Waals surface area contributed by atoms with Crippen LogP contribution >= 0.6 is 0 Å². The van der Waals surface area contributed by atoms with Crippen molar-refractivity contribution >= 4 is 21.5 Å². The van der Waals surface area contributed by atoms with E-state index in [1.54, 1.807) is 27.7 Å². The molecule has 0 bridgehead atoms. The average molecular weight is 272 g/mol. The highest BCUT2D eigenvalue weighted by molar-refractivity contribution is 7.92. The van der Waals surface area contributed by atoms with Crippen molar-refractivity contribution in [1.29, 1.82) is 0 Å². The second kappa shape index (κ2) is 4.72. The van der Waals surface area contributed by atoms with E-state index in [-0.39, 0.29) is 6.54 Å². The lowest BCUT2D eigenvalue weighted by molar-refractivity contribution is 0.559. The van der Waals surface area contributed by atoms with Crippen molar-refractivity contribution in [3.63, 3.8) is 0 Å². The van der Waals surface area contributed by atoms with Gasteiger partial charge >= 0.3 is 0 Å². The van der Waals surface area contributed by atoms with Crippen LogP contribution < -0.4 is 11.1 Å². The SMILES string of the molecule is Cc1nc(N)c(C)c(NCC(C)(C)S(C)(=O)=O)n1. The van der Waals surface area contributed by atoms with E-state index in [1.807, 2.05) is 0 Å². The van der Waals surface area contributed by atoms with Crippen molar-refractivity contribution in [3.8, 4) is 0 Å². The second-order valence-electron chi connectivity index (χ2n) is 5.02. The van der Waals surface area contributed by atoms with Crippen LogP contribution in [0.2, 0.25) is 0 Å². The van der Waals surface area contributed by atoms with Crippen LogP contribution in [0.25, 0.3) is 0 Å². The normalized spacial score (nSPS) is 12.5. The molecule has 1 rings (SSSR count). The molecule has 0 saturated carbocycles. The number of nitrogens with one attached hydrogen (secondary N) is 1. The van der Waals surface area contributed by atoms with Gasteiger partial charge in [0, 0.05) is 18.4 Å². The Kier molecular flexibility index (Phi) is 3.85. The molecule has 0 aliphatic carbocycles. The fourth-order valence-electron chi connectivity index (χ4n) is 1.25. The van der Waals surface area contributed by atoms with Gasteiger partial charge in [-0.1, -0.05) is 0 Å². The van der Waals surface area contributed by atoms with Gasteiger partial charge in [-0.3, -0.25) is 0 Å². The van der Waals surface area contributed by atoms with Crippen molar-refractivity contribution in [1.82, 2.24) is 9.97 Å². The Hall–Kier alpha value is -1.37. The van der Waals surface area contributed by atoms with Gasteiger partial charge in [-0.25, -0.2) is 18.4 Å². The highest BCUT2D eigenvalue weighted by Crippen LogP contribution is 2.20. The first-order valence-electron chi connectivity index (χ1n) is 5.59. The summed E-state index contributed by atoms with van der Waals surface area (Å²) in [4.78, 5) is 8.26. The van der Waals surface area contributed by atoms with E-state index < -0.39 is 14.6 Å². The predicted octanol–water partition coefficient (Wildman–Crippen LogP) is 0.911. The third-order valence-electron chi connectivity index (χ3n) is 2.98. The van der Waals surface area contributed by atoms with E-state index in [2.05, 4.69) is 15.3 Å². The van der Waals surface area contributed by atoms with Gasteiger partial charge in [-0.05, 0) is 27.7 Å². The monoisotopic (exact) mass is 272 g/mol. The van der Waals surface area contributed by atoms with Gasteiger partial charge in [0.05, 0.1) is 4.75 Å². The fourth-order valence-corrected chi connectivity index (χ4v) is 1.58. The van der Waals surface area contributed by atoms with Gasteiger partial charge < -0.3 is 11.1 Å². The minimum atomic E-state index is -3.14. The minimum absolute atomic E-state index is 0.266. The Labute approximate surface area is 108 Å². The smallest absolute Gasteiger partial charge is 0.154 e. The number of sulfone groups is 1. The molecule has 1 aromatic heterocycles. The molecular weight excluding hydrogens is 252 g/mol. The zero-order chi connectivity index (χ0) is 14.1. The molecular formula is C11H20N4O2S. The van der Waals surface area contributed by atoms with Gasteiger partial charge in [0.25, 0.3) is 0 Å². The molecule has 7 heteroatoms.